The van der Waals surface area contributed by atoms with Crippen LogP contribution in [0.3, 0.4) is 0 Å². The van der Waals surface area contributed by atoms with Crippen molar-refractivity contribution < 1.29 is 14.3 Å². The molecule has 0 aliphatic heterocycles. The Balaban J connectivity index is 2.36. The molecule has 0 aromatic heterocycles. The lowest BCUT2D eigenvalue weighted by Gasteiger charge is -2.35. The number of rotatable bonds is 6. The molecule has 1 amide bonds. The fourth-order valence-electron chi connectivity index (χ4n) is 2.86. The van der Waals surface area contributed by atoms with Crippen molar-refractivity contribution in [1.29, 1.82) is 0 Å². The van der Waals surface area contributed by atoms with E-state index in [1.807, 2.05) is 70.2 Å². The van der Waals surface area contributed by atoms with E-state index in [2.05, 4.69) is 0 Å². The van der Waals surface area contributed by atoms with Crippen molar-refractivity contribution in [1.82, 2.24) is 4.90 Å². The molecule has 0 N–H and O–H groups in total. The first-order chi connectivity index (χ1) is 12.7. The molecule has 144 valence electrons. The minimum Gasteiger partial charge on any atom is -0.444 e. The number of ether oxygens (including phenoxy) is 1. The molecule has 27 heavy (non-hydrogen) atoms. The molecule has 0 radical (unpaired) electrons. The number of hydrogen-bond donors (Lipinski definition) is 0. The highest BCUT2D eigenvalue weighted by Gasteiger charge is 2.33. The number of halogens is 1. The van der Waals surface area contributed by atoms with Crippen molar-refractivity contribution in [3.05, 3.63) is 70.7 Å². The molecule has 0 aliphatic rings. The Morgan fingerprint density at radius 1 is 1.11 bits per heavy atom. The Bertz CT molecular complexity index is 753. The van der Waals surface area contributed by atoms with Crippen LogP contribution < -0.4 is 0 Å². The number of hydrogen-bond acceptors (Lipinski definition) is 3. The molecule has 5 heteroatoms. The smallest absolute Gasteiger partial charge is 0.411 e. The van der Waals surface area contributed by atoms with Gasteiger partial charge in [0, 0.05) is 5.02 Å². The molecule has 0 heterocycles. The predicted molar refractivity (Wildman–Crippen MR) is 108 cm³/mol. The van der Waals surface area contributed by atoms with Gasteiger partial charge in [0.25, 0.3) is 0 Å². The largest absolute Gasteiger partial charge is 0.444 e. The van der Waals surface area contributed by atoms with E-state index in [9.17, 15) is 9.59 Å². The molecule has 0 fully saturated rings. The van der Waals surface area contributed by atoms with Crippen LogP contribution in [0.2, 0.25) is 5.02 Å². The maximum absolute atomic E-state index is 12.9. The molecule has 0 bridgehead atoms. The number of carbonyl (C=O) groups excluding carboxylic acids is 2. The minimum absolute atomic E-state index is 0.351. The minimum atomic E-state index is -0.658. The molecule has 0 saturated heterocycles. The summed E-state index contributed by atoms with van der Waals surface area (Å²) in [4.78, 5) is 26.4. The maximum Gasteiger partial charge on any atom is 0.411 e. The third-order valence-electron chi connectivity index (χ3n) is 4.18. The van der Waals surface area contributed by atoms with Gasteiger partial charge in [0.05, 0.1) is 12.1 Å². The molecular formula is C22H26ClNO3. The van der Waals surface area contributed by atoms with Gasteiger partial charge >= 0.3 is 6.09 Å². The van der Waals surface area contributed by atoms with Gasteiger partial charge in [0.15, 0.2) is 0 Å². The number of aldehydes is 1. The fourth-order valence-corrected chi connectivity index (χ4v) is 2.99. The van der Waals surface area contributed by atoms with E-state index in [4.69, 9.17) is 16.3 Å². The second kappa shape index (κ2) is 9.05. The highest BCUT2D eigenvalue weighted by molar-refractivity contribution is 6.30. The molecular weight excluding hydrogens is 362 g/mol. The fraction of sp³-hybridized carbons (Fsp3) is 0.364. The summed E-state index contributed by atoms with van der Waals surface area (Å²) in [7, 11) is 0. The zero-order chi connectivity index (χ0) is 20.0. The first kappa shape index (κ1) is 21.0. The van der Waals surface area contributed by atoms with Gasteiger partial charge in [-0.25, -0.2) is 4.79 Å². The SMILES string of the molecule is CC(c1ccc(Cl)cc1)N(C(=O)OC(C)(C)C)[C@H](C=O)Cc1ccccc1. The Hall–Kier alpha value is -2.33. The van der Waals surface area contributed by atoms with Crippen LogP contribution in [0.4, 0.5) is 4.79 Å². The van der Waals surface area contributed by atoms with E-state index in [0.29, 0.717) is 11.4 Å². The van der Waals surface area contributed by atoms with Gasteiger partial charge in [0.1, 0.15) is 11.9 Å². The molecule has 2 atom stereocenters. The van der Waals surface area contributed by atoms with Crippen molar-refractivity contribution in [2.24, 2.45) is 0 Å². The molecule has 0 spiro atoms. The van der Waals surface area contributed by atoms with Crippen LogP contribution in [0.1, 0.15) is 44.9 Å². The van der Waals surface area contributed by atoms with E-state index < -0.39 is 17.7 Å². The van der Waals surface area contributed by atoms with Gasteiger partial charge in [0.2, 0.25) is 0 Å². The monoisotopic (exact) mass is 387 g/mol. The van der Waals surface area contributed by atoms with Crippen molar-refractivity contribution in [3.8, 4) is 0 Å². The average molecular weight is 388 g/mol. The van der Waals surface area contributed by atoms with Crippen molar-refractivity contribution in [2.45, 2.75) is 51.8 Å². The summed E-state index contributed by atoms with van der Waals surface area (Å²) in [6.07, 6.45) is 0.711. The van der Waals surface area contributed by atoms with E-state index in [-0.39, 0.29) is 6.04 Å². The van der Waals surface area contributed by atoms with Crippen LogP contribution in [0.5, 0.6) is 0 Å². The summed E-state index contributed by atoms with van der Waals surface area (Å²) >= 11 is 5.98. The number of nitrogens with zero attached hydrogens (tertiary/aromatic N) is 1. The maximum atomic E-state index is 12.9. The predicted octanol–water partition coefficient (Wildman–Crippen LogP) is 5.45. The molecule has 1 unspecified atom stereocenters. The van der Waals surface area contributed by atoms with Crippen molar-refractivity contribution in [3.63, 3.8) is 0 Å². The Morgan fingerprint density at radius 2 is 1.70 bits per heavy atom. The highest BCUT2D eigenvalue weighted by atomic mass is 35.5. The lowest BCUT2D eigenvalue weighted by atomic mass is 10.0. The zero-order valence-electron chi connectivity index (χ0n) is 16.2. The van der Waals surface area contributed by atoms with Crippen LogP contribution >= 0.6 is 11.6 Å². The molecule has 0 aliphatic carbocycles. The lowest BCUT2D eigenvalue weighted by molar-refractivity contribution is -0.113. The van der Waals surface area contributed by atoms with Gasteiger partial charge in [-0.2, -0.15) is 0 Å². The van der Waals surface area contributed by atoms with Crippen LogP contribution in [0, 0.1) is 0 Å². The average Bonchev–Trinajstić information content (AvgIpc) is 2.61. The summed E-state index contributed by atoms with van der Waals surface area (Å²) in [5.74, 6) is 0. The van der Waals surface area contributed by atoms with Crippen LogP contribution in [-0.4, -0.2) is 28.9 Å². The summed E-state index contributed by atoms with van der Waals surface area (Å²) in [6, 6.07) is 15.9. The standard InChI is InChI=1S/C22H26ClNO3/c1-16(18-10-12-19(23)13-11-18)24(21(26)27-22(2,3)4)20(15-25)14-17-8-6-5-7-9-17/h5-13,15-16,20H,14H2,1-4H3/t16?,20-/m0/s1. The molecule has 2 aromatic carbocycles. The summed E-state index contributed by atoms with van der Waals surface area (Å²) < 4.78 is 5.59. The van der Waals surface area contributed by atoms with E-state index >= 15 is 0 Å². The van der Waals surface area contributed by atoms with Gasteiger partial charge < -0.3 is 9.53 Å². The van der Waals surface area contributed by atoms with Gasteiger partial charge in [-0.15, -0.1) is 0 Å². The van der Waals surface area contributed by atoms with Crippen LogP contribution in [0.15, 0.2) is 54.6 Å². The van der Waals surface area contributed by atoms with E-state index in [0.717, 1.165) is 17.4 Å². The quantitative estimate of drug-likeness (QED) is 0.619. The highest BCUT2D eigenvalue weighted by Crippen LogP contribution is 2.27. The molecule has 2 aromatic rings. The van der Waals surface area contributed by atoms with Gasteiger partial charge in [-0.05, 0) is 57.4 Å². The van der Waals surface area contributed by atoms with Crippen molar-refractivity contribution >= 4 is 24.0 Å². The van der Waals surface area contributed by atoms with Crippen LogP contribution in [0.25, 0.3) is 0 Å². The van der Waals surface area contributed by atoms with E-state index in [1.54, 1.807) is 12.1 Å². The van der Waals surface area contributed by atoms with Gasteiger partial charge in [-0.3, -0.25) is 4.90 Å². The molecule has 4 nitrogen and oxygen atoms in total. The summed E-state index contributed by atoms with van der Waals surface area (Å²) in [5, 5.41) is 0.617. The summed E-state index contributed by atoms with van der Waals surface area (Å²) in [5.41, 5.74) is 1.20. The van der Waals surface area contributed by atoms with Crippen molar-refractivity contribution in [2.75, 3.05) is 0 Å². The topological polar surface area (TPSA) is 46.6 Å². The number of benzene rings is 2. The Kier molecular flexibility index (Phi) is 7.03. The first-order valence-electron chi connectivity index (χ1n) is 8.97. The number of amides is 1. The Labute approximate surface area is 166 Å². The third kappa shape index (κ3) is 6.10. The Morgan fingerprint density at radius 3 is 2.22 bits per heavy atom. The zero-order valence-corrected chi connectivity index (χ0v) is 16.9. The second-order valence-electron chi connectivity index (χ2n) is 7.51. The van der Waals surface area contributed by atoms with Crippen LogP contribution in [-0.2, 0) is 16.0 Å². The lowest BCUT2D eigenvalue weighted by Crippen LogP contribution is -2.46. The third-order valence-corrected chi connectivity index (χ3v) is 4.43. The first-order valence-corrected chi connectivity index (χ1v) is 9.35. The number of carbonyl (C=O) groups is 2. The van der Waals surface area contributed by atoms with E-state index in [1.165, 1.54) is 4.90 Å². The van der Waals surface area contributed by atoms with Gasteiger partial charge in [-0.1, -0.05) is 54.1 Å². The summed E-state index contributed by atoms with van der Waals surface area (Å²) in [6.45, 7) is 7.31. The molecule has 2 rings (SSSR count). The second-order valence-corrected chi connectivity index (χ2v) is 7.94. The normalized spacial score (nSPS) is 13.5. The molecule has 0 saturated carbocycles.